The molecule has 1 aliphatic carbocycles. The second-order valence-corrected chi connectivity index (χ2v) is 8.80. The molecular weight excluding hydrogens is 308 g/mol. The summed E-state index contributed by atoms with van der Waals surface area (Å²) >= 11 is 0. The summed E-state index contributed by atoms with van der Waals surface area (Å²) in [5.41, 5.74) is 4.55. The maximum Gasteiger partial charge on any atom is 0.214 e. The van der Waals surface area contributed by atoms with Crippen LogP contribution in [0.1, 0.15) is 37.3 Å². The fourth-order valence-electron chi connectivity index (χ4n) is 2.68. The summed E-state index contributed by atoms with van der Waals surface area (Å²) in [5.74, 6) is 0.285. The van der Waals surface area contributed by atoms with Crippen LogP contribution in [0.15, 0.2) is 42.7 Å². The van der Waals surface area contributed by atoms with Gasteiger partial charge in [0.2, 0.25) is 10.0 Å². The number of nitrogens with one attached hydrogen (secondary N) is 1. The van der Waals surface area contributed by atoms with E-state index in [1.165, 1.54) is 5.56 Å². The normalized spacial score (nSPS) is 20.7. The van der Waals surface area contributed by atoms with Gasteiger partial charge in [0.1, 0.15) is 0 Å². The van der Waals surface area contributed by atoms with E-state index in [0.717, 1.165) is 23.1 Å². The van der Waals surface area contributed by atoms with Gasteiger partial charge in [-0.2, -0.15) is 0 Å². The van der Waals surface area contributed by atoms with Crippen molar-refractivity contribution in [2.45, 2.75) is 44.4 Å². The standard InChI is InChI=1S/C18H22N2O2S/c1-12(2)23(21,22)20-18-9-17(18)15-6-4-14(5-7-15)16-8-13(3)10-19-11-16/h4-8,10-12,17-18,20H,9H2,1-3H3/t17-,18+/m0/s1. The molecule has 1 heterocycles. The van der Waals surface area contributed by atoms with E-state index < -0.39 is 10.0 Å². The van der Waals surface area contributed by atoms with Gasteiger partial charge < -0.3 is 0 Å². The quantitative estimate of drug-likeness (QED) is 0.915. The number of hydrogen-bond acceptors (Lipinski definition) is 3. The highest BCUT2D eigenvalue weighted by Gasteiger charge is 2.41. The van der Waals surface area contributed by atoms with Crippen molar-refractivity contribution < 1.29 is 8.42 Å². The molecule has 0 unspecified atom stereocenters. The van der Waals surface area contributed by atoms with Crippen LogP contribution < -0.4 is 4.72 Å². The Balaban J connectivity index is 1.70. The molecule has 3 rings (SSSR count). The largest absolute Gasteiger partial charge is 0.264 e. The fourth-order valence-corrected chi connectivity index (χ4v) is 3.63. The van der Waals surface area contributed by atoms with E-state index in [1.54, 1.807) is 13.8 Å². The first-order chi connectivity index (χ1) is 10.9. The molecule has 1 saturated carbocycles. The molecule has 1 aromatic heterocycles. The molecule has 4 nitrogen and oxygen atoms in total. The van der Waals surface area contributed by atoms with Gasteiger partial charge in [-0.05, 0) is 49.9 Å². The SMILES string of the molecule is Cc1cncc(-c2ccc([C@@H]3C[C@H]3NS(=O)(=O)C(C)C)cc2)c1. The summed E-state index contributed by atoms with van der Waals surface area (Å²) < 4.78 is 26.6. The van der Waals surface area contributed by atoms with Crippen molar-refractivity contribution in [2.75, 3.05) is 0 Å². The molecule has 23 heavy (non-hydrogen) atoms. The molecule has 0 aliphatic heterocycles. The Bertz CT molecular complexity index is 798. The Morgan fingerprint density at radius 2 is 1.83 bits per heavy atom. The number of benzene rings is 1. The van der Waals surface area contributed by atoms with E-state index in [2.05, 4.69) is 40.0 Å². The molecule has 1 aromatic carbocycles. The lowest BCUT2D eigenvalue weighted by molar-refractivity contribution is 0.571. The first-order valence-electron chi connectivity index (χ1n) is 7.90. The number of hydrogen-bond donors (Lipinski definition) is 1. The molecule has 1 aliphatic rings. The first kappa shape index (κ1) is 16.1. The zero-order chi connectivity index (χ0) is 16.6. The van der Waals surface area contributed by atoms with Crippen molar-refractivity contribution in [1.82, 2.24) is 9.71 Å². The van der Waals surface area contributed by atoms with Crippen LogP contribution in [-0.4, -0.2) is 24.7 Å². The zero-order valence-electron chi connectivity index (χ0n) is 13.7. The lowest BCUT2D eigenvalue weighted by Crippen LogP contribution is -2.33. The summed E-state index contributed by atoms with van der Waals surface area (Å²) in [6.45, 7) is 5.43. The Kier molecular flexibility index (Phi) is 4.25. The van der Waals surface area contributed by atoms with Gasteiger partial charge >= 0.3 is 0 Å². The average molecular weight is 330 g/mol. The molecule has 0 saturated heterocycles. The molecule has 0 bridgehead atoms. The van der Waals surface area contributed by atoms with Crippen LogP contribution in [0.4, 0.5) is 0 Å². The third kappa shape index (κ3) is 3.62. The topological polar surface area (TPSA) is 59.1 Å². The van der Waals surface area contributed by atoms with Crippen LogP contribution in [0.2, 0.25) is 0 Å². The highest BCUT2D eigenvalue weighted by Crippen LogP contribution is 2.41. The van der Waals surface area contributed by atoms with Crippen LogP contribution in [0.25, 0.3) is 11.1 Å². The summed E-state index contributed by atoms with van der Waals surface area (Å²) in [4.78, 5) is 4.22. The minimum absolute atomic E-state index is 0.0360. The van der Waals surface area contributed by atoms with Crippen molar-refractivity contribution >= 4 is 10.0 Å². The van der Waals surface area contributed by atoms with E-state index in [-0.39, 0.29) is 17.2 Å². The van der Waals surface area contributed by atoms with Gasteiger partial charge in [0.25, 0.3) is 0 Å². The maximum atomic E-state index is 11.9. The second kappa shape index (κ2) is 6.06. The lowest BCUT2D eigenvalue weighted by Gasteiger charge is -2.09. The number of sulfonamides is 1. The lowest BCUT2D eigenvalue weighted by atomic mass is 10.0. The average Bonchev–Trinajstić information content (AvgIpc) is 3.25. The van der Waals surface area contributed by atoms with Crippen LogP contribution in [0, 0.1) is 6.92 Å². The molecular formula is C18H22N2O2S. The molecule has 1 fully saturated rings. The predicted molar refractivity (Wildman–Crippen MR) is 92.7 cm³/mol. The number of pyridine rings is 1. The maximum absolute atomic E-state index is 11.9. The van der Waals surface area contributed by atoms with E-state index in [4.69, 9.17) is 0 Å². The molecule has 0 radical (unpaired) electrons. The van der Waals surface area contributed by atoms with Crippen LogP contribution in [0.3, 0.4) is 0 Å². The summed E-state index contributed by atoms with van der Waals surface area (Å²) in [6, 6.07) is 10.5. The zero-order valence-corrected chi connectivity index (χ0v) is 14.5. The minimum atomic E-state index is -3.19. The van der Waals surface area contributed by atoms with Gasteiger partial charge in [-0.3, -0.25) is 4.98 Å². The Morgan fingerprint density at radius 3 is 2.43 bits per heavy atom. The smallest absolute Gasteiger partial charge is 0.214 e. The van der Waals surface area contributed by atoms with Gasteiger partial charge in [-0.15, -0.1) is 0 Å². The molecule has 1 N–H and O–H groups in total. The summed E-state index contributed by atoms with van der Waals surface area (Å²) in [5, 5.41) is -0.389. The minimum Gasteiger partial charge on any atom is -0.264 e. The van der Waals surface area contributed by atoms with Gasteiger partial charge in [-0.1, -0.05) is 24.3 Å². The van der Waals surface area contributed by atoms with Gasteiger partial charge in [0, 0.05) is 29.9 Å². The first-order valence-corrected chi connectivity index (χ1v) is 9.44. The van der Waals surface area contributed by atoms with Gasteiger partial charge in [0.05, 0.1) is 5.25 Å². The monoisotopic (exact) mass is 330 g/mol. The van der Waals surface area contributed by atoms with E-state index in [1.807, 2.05) is 19.3 Å². The van der Waals surface area contributed by atoms with Gasteiger partial charge in [-0.25, -0.2) is 13.1 Å². The van der Waals surface area contributed by atoms with Crippen LogP contribution in [0.5, 0.6) is 0 Å². The van der Waals surface area contributed by atoms with Crippen molar-refractivity contribution in [3.05, 3.63) is 53.9 Å². The molecule has 122 valence electrons. The highest BCUT2D eigenvalue weighted by atomic mass is 32.2. The highest BCUT2D eigenvalue weighted by molar-refractivity contribution is 7.90. The van der Waals surface area contributed by atoms with Crippen molar-refractivity contribution in [3.63, 3.8) is 0 Å². The number of rotatable bonds is 5. The molecule has 2 atom stereocenters. The molecule has 0 spiro atoms. The van der Waals surface area contributed by atoms with Crippen molar-refractivity contribution in [1.29, 1.82) is 0 Å². The number of aromatic nitrogens is 1. The van der Waals surface area contributed by atoms with Crippen LogP contribution in [-0.2, 0) is 10.0 Å². The number of aryl methyl sites for hydroxylation is 1. The third-order valence-electron chi connectivity index (χ3n) is 4.27. The van der Waals surface area contributed by atoms with Crippen molar-refractivity contribution in [3.8, 4) is 11.1 Å². The summed E-state index contributed by atoms with van der Waals surface area (Å²) in [7, 11) is -3.19. The van der Waals surface area contributed by atoms with Gasteiger partial charge in [0.15, 0.2) is 0 Å². The Hall–Kier alpha value is -1.72. The van der Waals surface area contributed by atoms with E-state index in [0.29, 0.717) is 0 Å². The Morgan fingerprint density at radius 1 is 1.13 bits per heavy atom. The Labute approximate surface area is 138 Å². The third-order valence-corrected chi connectivity index (χ3v) is 6.15. The van der Waals surface area contributed by atoms with Crippen LogP contribution >= 0.6 is 0 Å². The molecule has 2 aromatic rings. The number of nitrogens with zero attached hydrogens (tertiary/aromatic N) is 1. The predicted octanol–water partition coefficient (Wildman–Crippen LogP) is 3.24. The fraction of sp³-hybridized carbons (Fsp3) is 0.389. The second-order valence-electron chi connectivity index (χ2n) is 6.53. The van der Waals surface area contributed by atoms with Crippen molar-refractivity contribution in [2.24, 2.45) is 0 Å². The molecule has 5 heteroatoms. The summed E-state index contributed by atoms with van der Waals surface area (Å²) in [6.07, 6.45) is 4.57. The van der Waals surface area contributed by atoms with E-state index in [9.17, 15) is 8.42 Å². The molecule has 0 amide bonds. The van der Waals surface area contributed by atoms with E-state index >= 15 is 0 Å².